The SMILES string of the molecule is O=C(CNc1ccc(OCc2ccccc2)cc1)N1CCCCCC1. The maximum absolute atomic E-state index is 12.3. The molecule has 1 fully saturated rings. The highest BCUT2D eigenvalue weighted by Crippen LogP contribution is 2.17. The Labute approximate surface area is 149 Å². The van der Waals surface area contributed by atoms with Crippen LogP contribution in [0.1, 0.15) is 31.2 Å². The zero-order valence-corrected chi connectivity index (χ0v) is 14.6. The van der Waals surface area contributed by atoms with E-state index in [0.717, 1.165) is 42.9 Å². The second-order valence-corrected chi connectivity index (χ2v) is 6.45. The summed E-state index contributed by atoms with van der Waals surface area (Å²) in [5.41, 5.74) is 2.09. The van der Waals surface area contributed by atoms with Crippen molar-refractivity contribution < 1.29 is 9.53 Å². The molecule has 132 valence electrons. The summed E-state index contributed by atoms with van der Waals surface area (Å²) in [6, 6.07) is 17.9. The monoisotopic (exact) mass is 338 g/mol. The van der Waals surface area contributed by atoms with Crippen molar-refractivity contribution >= 4 is 11.6 Å². The molecule has 1 amide bonds. The fraction of sp³-hybridized carbons (Fsp3) is 0.381. The number of hydrogen-bond donors (Lipinski definition) is 1. The van der Waals surface area contributed by atoms with Crippen LogP contribution in [0.15, 0.2) is 54.6 Å². The van der Waals surface area contributed by atoms with Crippen LogP contribution in [0.2, 0.25) is 0 Å². The number of nitrogens with zero attached hydrogens (tertiary/aromatic N) is 1. The van der Waals surface area contributed by atoms with Crippen molar-refractivity contribution in [3.63, 3.8) is 0 Å². The van der Waals surface area contributed by atoms with Crippen LogP contribution in [0, 0.1) is 0 Å². The van der Waals surface area contributed by atoms with E-state index >= 15 is 0 Å². The highest BCUT2D eigenvalue weighted by atomic mass is 16.5. The molecule has 0 aliphatic carbocycles. The molecule has 1 saturated heterocycles. The number of amides is 1. The van der Waals surface area contributed by atoms with Gasteiger partial charge in [0.1, 0.15) is 12.4 Å². The molecule has 0 radical (unpaired) electrons. The van der Waals surface area contributed by atoms with Crippen LogP contribution in [-0.4, -0.2) is 30.4 Å². The first-order valence-corrected chi connectivity index (χ1v) is 9.10. The van der Waals surface area contributed by atoms with Crippen LogP contribution in [0.3, 0.4) is 0 Å². The van der Waals surface area contributed by atoms with Crippen molar-refractivity contribution in [1.29, 1.82) is 0 Å². The van der Waals surface area contributed by atoms with Crippen LogP contribution in [0.5, 0.6) is 5.75 Å². The molecule has 2 aromatic carbocycles. The number of anilines is 1. The fourth-order valence-corrected chi connectivity index (χ4v) is 3.02. The lowest BCUT2D eigenvalue weighted by molar-refractivity contribution is -0.129. The minimum atomic E-state index is 0.186. The largest absolute Gasteiger partial charge is 0.489 e. The second-order valence-electron chi connectivity index (χ2n) is 6.45. The van der Waals surface area contributed by atoms with Crippen LogP contribution in [0.4, 0.5) is 5.69 Å². The molecule has 1 aliphatic heterocycles. The highest BCUT2D eigenvalue weighted by Gasteiger charge is 2.14. The Bertz CT molecular complexity index is 647. The third-order valence-corrected chi connectivity index (χ3v) is 4.51. The Hall–Kier alpha value is -2.49. The van der Waals surface area contributed by atoms with Crippen molar-refractivity contribution in [2.24, 2.45) is 0 Å². The van der Waals surface area contributed by atoms with Gasteiger partial charge in [0.15, 0.2) is 0 Å². The Morgan fingerprint density at radius 3 is 2.28 bits per heavy atom. The lowest BCUT2D eigenvalue weighted by Gasteiger charge is -2.20. The van der Waals surface area contributed by atoms with Gasteiger partial charge in [-0.25, -0.2) is 0 Å². The average Bonchev–Trinajstić information content (AvgIpc) is 2.96. The summed E-state index contributed by atoms with van der Waals surface area (Å²) in [5.74, 6) is 1.01. The summed E-state index contributed by atoms with van der Waals surface area (Å²) in [4.78, 5) is 14.3. The Morgan fingerprint density at radius 2 is 1.60 bits per heavy atom. The Kier molecular flexibility index (Phi) is 6.32. The molecule has 1 aliphatic rings. The summed E-state index contributed by atoms with van der Waals surface area (Å²) >= 11 is 0. The summed E-state index contributed by atoms with van der Waals surface area (Å²) in [5, 5.41) is 3.22. The minimum Gasteiger partial charge on any atom is -0.489 e. The first kappa shape index (κ1) is 17.3. The van der Waals surface area contributed by atoms with Gasteiger partial charge in [-0.2, -0.15) is 0 Å². The Balaban J connectivity index is 1.45. The number of carbonyl (C=O) groups is 1. The molecule has 0 aromatic heterocycles. The predicted molar refractivity (Wildman–Crippen MR) is 101 cm³/mol. The van der Waals surface area contributed by atoms with Crippen LogP contribution in [0.25, 0.3) is 0 Å². The van der Waals surface area contributed by atoms with E-state index in [-0.39, 0.29) is 5.91 Å². The third-order valence-electron chi connectivity index (χ3n) is 4.51. The summed E-state index contributed by atoms with van der Waals surface area (Å²) < 4.78 is 5.78. The van der Waals surface area contributed by atoms with Gasteiger partial charge >= 0.3 is 0 Å². The number of likely N-dealkylation sites (tertiary alicyclic amines) is 1. The van der Waals surface area contributed by atoms with E-state index in [1.807, 2.05) is 59.5 Å². The topological polar surface area (TPSA) is 41.6 Å². The number of nitrogens with one attached hydrogen (secondary N) is 1. The molecule has 1 N–H and O–H groups in total. The molecule has 0 bridgehead atoms. The number of carbonyl (C=O) groups excluding carboxylic acids is 1. The molecular weight excluding hydrogens is 312 g/mol. The molecule has 4 heteroatoms. The Morgan fingerprint density at radius 1 is 0.920 bits per heavy atom. The van der Waals surface area contributed by atoms with Crippen molar-refractivity contribution in [3.8, 4) is 5.75 Å². The van der Waals surface area contributed by atoms with Crippen LogP contribution >= 0.6 is 0 Å². The van der Waals surface area contributed by atoms with Gasteiger partial charge in [0.05, 0.1) is 6.54 Å². The molecule has 1 heterocycles. The third kappa shape index (κ3) is 5.52. The van der Waals surface area contributed by atoms with E-state index in [2.05, 4.69) is 5.32 Å². The predicted octanol–water partition coefficient (Wildman–Crippen LogP) is 4.08. The summed E-state index contributed by atoms with van der Waals surface area (Å²) in [7, 11) is 0. The van der Waals surface area contributed by atoms with Gasteiger partial charge in [0.25, 0.3) is 0 Å². The van der Waals surface area contributed by atoms with E-state index in [9.17, 15) is 4.79 Å². The molecule has 0 atom stereocenters. The number of benzene rings is 2. The van der Waals surface area contributed by atoms with Gasteiger partial charge in [-0.3, -0.25) is 4.79 Å². The second kappa shape index (κ2) is 9.11. The van der Waals surface area contributed by atoms with Crippen molar-refractivity contribution in [1.82, 2.24) is 4.90 Å². The van der Waals surface area contributed by atoms with Gasteiger partial charge in [0.2, 0.25) is 5.91 Å². The highest BCUT2D eigenvalue weighted by molar-refractivity contribution is 5.80. The van der Waals surface area contributed by atoms with Gasteiger partial charge in [-0.05, 0) is 42.7 Å². The molecule has 2 aromatic rings. The molecular formula is C21H26N2O2. The molecule has 0 saturated carbocycles. The first-order chi connectivity index (χ1) is 12.3. The van der Waals surface area contributed by atoms with Crippen LogP contribution in [-0.2, 0) is 11.4 Å². The first-order valence-electron chi connectivity index (χ1n) is 9.10. The van der Waals surface area contributed by atoms with Gasteiger partial charge in [-0.15, -0.1) is 0 Å². The lowest BCUT2D eigenvalue weighted by Crippen LogP contribution is -2.36. The quantitative estimate of drug-likeness (QED) is 0.863. The lowest BCUT2D eigenvalue weighted by atomic mass is 10.2. The number of hydrogen-bond acceptors (Lipinski definition) is 3. The molecule has 0 unspecified atom stereocenters. The summed E-state index contributed by atoms with van der Waals surface area (Å²) in [6.07, 6.45) is 4.72. The smallest absolute Gasteiger partial charge is 0.241 e. The van der Waals surface area contributed by atoms with Gasteiger partial charge < -0.3 is 15.0 Å². The zero-order valence-electron chi connectivity index (χ0n) is 14.6. The molecule has 0 spiro atoms. The fourth-order valence-electron chi connectivity index (χ4n) is 3.02. The van der Waals surface area contributed by atoms with Gasteiger partial charge in [-0.1, -0.05) is 43.2 Å². The summed E-state index contributed by atoms with van der Waals surface area (Å²) in [6.45, 7) is 2.70. The number of ether oxygens (including phenoxy) is 1. The number of rotatable bonds is 6. The molecule has 3 rings (SSSR count). The van der Waals surface area contributed by atoms with E-state index < -0.39 is 0 Å². The van der Waals surface area contributed by atoms with E-state index in [1.54, 1.807) is 0 Å². The van der Waals surface area contributed by atoms with Crippen molar-refractivity contribution in [3.05, 3.63) is 60.2 Å². The zero-order chi connectivity index (χ0) is 17.3. The maximum Gasteiger partial charge on any atom is 0.241 e. The average molecular weight is 338 g/mol. The van der Waals surface area contributed by atoms with Crippen molar-refractivity contribution in [2.75, 3.05) is 25.0 Å². The van der Waals surface area contributed by atoms with Gasteiger partial charge in [0, 0.05) is 18.8 Å². The molecule has 25 heavy (non-hydrogen) atoms. The molecule has 4 nitrogen and oxygen atoms in total. The van der Waals surface area contributed by atoms with E-state index in [4.69, 9.17) is 4.74 Å². The minimum absolute atomic E-state index is 0.186. The van der Waals surface area contributed by atoms with E-state index in [0.29, 0.717) is 13.2 Å². The standard InChI is InChI=1S/C21H26N2O2/c24-21(23-14-6-1-2-7-15-23)16-22-19-10-12-20(13-11-19)25-17-18-8-4-3-5-9-18/h3-5,8-13,22H,1-2,6-7,14-17H2. The van der Waals surface area contributed by atoms with Crippen LogP contribution < -0.4 is 10.1 Å². The normalized spacial score (nSPS) is 14.6. The van der Waals surface area contributed by atoms with Crippen molar-refractivity contribution in [2.45, 2.75) is 32.3 Å². The van der Waals surface area contributed by atoms with E-state index in [1.165, 1.54) is 12.8 Å². The maximum atomic E-state index is 12.3.